The summed E-state index contributed by atoms with van der Waals surface area (Å²) in [7, 11) is 0. The van der Waals surface area contributed by atoms with E-state index < -0.39 is 11.9 Å². The Morgan fingerprint density at radius 1 is 1.10 bits per heavy atom. The summed E-state index contributed by atoms with van der Waals surface area (Å²) in [6.45, 7) is 6.94. The van der Waals surface area contributed by atoms with Gasteiger partial charge in [-0.1, -0.05) is 37.6 Å². The number of likely N-dealkylation sites (N-methyl/N-ethyl adjacent to an activating group) is 1. The fourth-order valence-electron chi connectivity index (χ4n) is 4.00. The van der Waals surface area contributed by atoms with Crippen LogP contribution in [0.5, 0.6) is 0 Å². The molecule has 0 spiro atoms. The minimum Gasteiger partial charge on any atom is -0.450 e. The predicted molar refractivity (Wildman–Crippen MR) is 115 cm³/mol. The highest BCUT2D eigenvalue weighted by atomic mass is 35.5. The van der Waals surface area contributed by atoms with Gasteiger partial charge in [-0.2, -0.15) is 0 Å². The molecule has 0 saturated carbocycles. The molecule has 0 aliphatic carbocycles. The molecule has 1 unspecified atom stereocenters. The van der Waals surface area contributed by atoms with Gasteiger partial charge in [-0.15, -0.1) is 0 Å². The zero-order valence-corrected chi connectivity index (χ0v) is 17.6. The second-order valence-corrected chi connectivity index (χ2v) is 7.73. The standard InChI is InChI=1S/C23H22ClFN2O3/c1-3-26(4-2)11-12-27-20(14-5-7-15(24)8-6-14)19-21(28)17-13-16(25)9-10-18(17)30-22(19)23(27)29/h5-10,13,20H,3-4,11-12H2,1-2H3. The van der Waals surface area contributed by atoms with Gasteiger partial charge in [-0.05, 0) is 49.0 Å². The molecule has 0 saturated heterocycles. The highest BCUT2D eigenvalue weighted by Crippen LogP contribution is 2.38. The second-order valence-electron chi connectivity index (χ2n) is 7.29. The van der Waals surface area contributed by atoms with Crippen molar-refractivity contribution < 1.29 is 13.6 Å². The van der Waals surface area contributed by atoms with Crippen molar-refractivity contribution in [3.63, 3.8) is 0 Å². The third-order valence-corrected chi connectivity index (χ3v) is 5.92. The summed E-state index contributed by atoms with van der Waals surface area (Å²) in [6, 6.07) is 10.2. The summed E-state index contributed by atoms with van der Waals surface area (Å²) in [4.78, 5) is 30.5. The summed E-state index contributed by atoms with van der Waals surface area (Å²) in [5, 5.41) is 0.691. The molecule has 1 aliphatic heterocycles. The monoisotopic (exact) mass is 428 g/mol. The predicted octanol–water partition coefficient (Wildman–Crippen LogP) is 4.47. The van der Waals surface area contributed by atoms with E-state index in [2.05, 4.69) is 18.7 Å². The average Bonchev–Trinajstić information content (AvgIpc) is 3.02. The lowest BCUT2D eigenvalue weighted by molar-refractivity contribution is 0.0708. The maximum absolute atomic E-state index is 13.8. The smallest absolute Gasteiger partial charge is 0.290 e. The number of fused-ring (bicyclic) bond motifs is 2. The van der Waals surface area contributed by atoms with Crippen molar-refractivity contribution in [1.29, 1.82) is 0 Å². The van der Waals surface area contributed by atoms with Gasteiger partial charge >= 0.3 is 0 Å². The van der Waals surface area contributed by atoms with Crippen LogP contribution in [0.4, 0.5) is 4.39 Å². The number of halogens is 2. The van der Waals surface area contributed by atoms with Gasteiger partial charge in [0.2, 0.25) is 5.76 Å². The van der Waals surface area contributed by atoms with E-state index in [4.69, 9.17) is 16.0 Å². The number of benzene rings is 2. The number of carbonyl (C=O) groups excluding carboxylic acids is 1. The molecule has 5 nitrogen and oxygen atoms in total. The van der Waals surface area contributed by atoms with Gasteiger partial charge in [0.25, 0.3) is 5.91 Å². The van der Waals surface area contributed by atoms with Crippen LogP contribution < -0.4 is 5.43 Å². The zero-order chi connectivity index (χ0) is 21.4. The number of carbonyl (C=O) groups is 1. The van der Waals surface area contributed by atoms with Crippen LogP contribution in [0.15, 0.2) is 51.7 Å². The maximum Gasteiger partial charge on any atom is 0.290 e. The molecule has 1 amide bonds. The number of rotatable bonds is 6. The Morgan fingerprint density at radius 3 is 2.47 bits per heavy atom. The van der Waals surface area contributed by atoms with E-state index in [1.165, 1.54) is 12.1 Å². The van der Waals surface area contributed by atoms with Crippen molar-refractivity contribution in [2.45, 2.75) is 19.9 Å². The number of nitrogens with zero attached hydrogens (tertiary/aromatic N) is 2. The Morgan fingerprint density at radius 2 is 1.80 bits per heavy atom. The third kappa shape index (κ3) is 3.50. The van der Waals surface area contributed by atoms with Gasteiger partial charge in [0.15, 0.2) is 5.43 Å². The van der Waals surface area contributed by atoms with E-state index in [-0.39, 0.29) is 33.6 Å². The van der Waals surface area contributed by atoms with Gasteiger partial charge < -0.3 is 14.2 Å². The highest BCUT2D eigenvalue weighted by molar-refractivity contribution is 6.30. The minimum absolute atomic E-state index is 0.0265. The molecule has 30 heavy (non-hydrogen) atoms. The van der Waals surface area contributed by atoms with Crippen LogP contribution in [-0.4, -0.2) is 41.9 Å². The van der Waals surface area contributed by atoms with Crippen LogP contribution >= 0.6 is 11.6 Å². The van der Waals surface area contributed by atoms with Crippen LogP contribution in [0.2, 0.25) is 5.02 Å². The summed E-state index contributed by atoms with van der Waals surface area (Å²) in [5.74, 6) is -0.834. The first-order valence-corrected chi connectivity index (χ1v) is 10.4. The second kappa shape index (κ2) is 8.20. The third-order valence-electron chi connectivity index (χ3n) is 5.67. The number of hydrogen-bond donors (Lipinski definition) is 0. The first-order chi connectivity index (χ1) is 14.4. The SMILES string of the molecule is CCN(CC)CCN1C(=O)c2oc3ccc(F)cc3c(=O)c2C1c1ccc(Cl)cc1. The zero-order valence-electron chi connectivity index (χ0n) is 16.8. The molecular weight excluding hydrogens is 407 g/mol. The lowest BCUT2D eigenvalue weighted by Crippen LogP contribution is -2.37. The molecule has 1 aliphatic rings. The molecule has 2 aromatic carbocycles. The van der Waals surface area contributed by atoms with Crippen LogP contribution in [-0.2, 0) is 0 Å². The Hall–Kier alpha value is -2.70. The highest BCUT2D eigenvalue weighted by Gasteiger charge is 2.42. The molecule has 0 radical (unpaired) electrons. The first kappa shape index (κ1) is 20.6. The molecule has 0 fully saturated rings. The lowest BCUT2D eigenvalue weighted by Gasteiger charge is -2.28. The van der Waals surface area contributed by atoms with E-state index in [0.717, 1.165) is 24.7 Å². The molecule has 1 aromatic heterocycles. The molecule has 3 aromatic rings. The first-order valence-electron chi connectivity index (χ1n) is 9.99. The quantitative estimate of drug-likeness (QED) is 0.581. The molecule has 1 atom stereocenters. The van der Waals surface area contributed by atoms with Crippen molar-refractivity contribution in [3.8, 4) is 0 Å². The number of hydrogen-bond acceptors (Lipinski definition) is 4. The largest absolute Gasteiger partial charge is 0.450 e. The molecule has 4 rings (SSSR count). The van der Waals surface area contributed by atoms with Gasteiger partial charge in [-0.3, -0.25) is 9.59 Å². The van der Waals surface area contributed by atoms with Crippen LogP contribution in [0.25, 0.3) is 11.0 Å². The fourth-order valence-corrected chi connectivity index (χ4v) is 4.13. The normalized spacial score (nSPS) is 16.0. The van der Waals surface area contributed by atoms with Gasteiger partial charge in [-0.25, -0.2) is 4.39 Å². The van der Waals surface area contributed by atoms with E-state index in [1.807, 2.05) is 0 Å². The lowest BCUT2D eigenvalue weighted by atomic mass is 9.98. The van der Waals surface area contributed by atoms with Crippen molar-refractivity contribution in [3.05, 3.63) is 80.4 Å². The molecule has 0 N–H and O–H groups in total. The Balaban J connectivity index is 1.87. The average molecular weight is 429 g/mol. The van der Waals surface area contributed by atoms with Crippen LogP contribution in [0.3, 0.4) is 0 Å². The summed E-state index contributed by atoms with van der Waals surface area (Å²) < 4.78 is 19.6. The minimum atomic E-state index is -0.607. The Labute approximate surface area is 178 Å². The molecule has 7 heteroatoms. The summed E-state index contributed by atoms with van der Waals surface area (Å²) in [6.07, 6.45) is 0. The van der Waals surface area contributed by atoms with E-state index in [9.17, 15) is 14.0 Å². The van der Waals surface area contributed by atoms with Crippen molar-refractivity contribution in [2.24, 2.45) is 0 Å². The Bertz CT molecular complexity index is 1160. The van der Waals surface area contributed by atoms with Crippen molar-refractivity contribution in [2.75, 3.05) is 26.2 Å². The summed E-state index contributed by atoms with van der Waals surface area (Å²) >= 11 is 6.04. The van der Waals surface area contributed by atoms with Crippen molar-refractivity contribution >= 4 is 28.5 Å². The summed E-state index contributed by atoms with van der Waals surface area (Å²) in [5.41, 5.74) is 0.826. The topological polar surface area (TPSA) is 53.8 Å². The van der Waals surface area contributed by atoms with E-state index in [0.29, 0.717) is 18.1 Å². The van der Waals surface area contributed by atoms with Crippen molar-refractivity contribution in [1.82, 2.24) is 9.80 Å². The van der Waals surface area contributed by atoms with E-state index in [1.54, 1.807) is 29.2 Å². The molecular formula is C23H22ClFN2O3. The van der Waals surface area contributed by atoms with Gasteiger partial charge in [0, 0.05) is 18.1 Å². The van der Waals surface area contributed by atoms with Crippen LogP contribution in [0, 0.1) is 5.82 Å². The fraction of sp³-hybridized carbons (Fsp3) is 0.304. The Kier molecular flexibility index (Phi) is 5.62. The van der Waals surface area contributed by atoms with Gasteiger partial charge in [0.05, 0.1) is 17.0 Å². The van der Waals surface area contributed by atoms with Crippen LogP contribution in [0.1, 0.15) is 41.6 Å². The van der Waals surface area contributed by atoms with Gasteiger partial charge in [0.1, 0.15) is 11.4 Å². The molecule has 156 valence electrons. The molecule has 0 bridgehead atoms. The maximum atomic E-state index is 13.8. The van der Waals surface area contributed by atoms with E-state index >= 15 is 0 Å². The molecule has 2 heterocycles. The number of amides is 1.